The molecule has 0 saturated carbocycles. The number of rotatable bonds is 4. The second kappa shape index (κ2) is 7.66. The highest BCUT2D eigenvalue weighted by molar-refractivity contribution is 6.06. The summed E-state index contributed by atoms with van der Waals surface area (Å²) in [4.78, 5) is 26.6. The minimum absolute atomic E-state index is 0.236. The van der Waals surface area contributed by atoms with Crippen molar-refractivity contribution in [2.75, 3.05) is 14.1 Å². The molecule has 4 heteroatoms. The van der Waals surface area contributed by atoms with Gasteiger partial charge in [-0.15, -0.1) is 0 Å². The minimum Gasteiger partial charge on any atom is -0.344 e. The van der Waals surface area contributed by atoms with Crippen molar-refractivity contribution in [3.8, 4) is 0 Å². The number of benzene rings is 3. The molecule has 4 nitrogen and oxygen atoms in total. The molecule has 0 aliphatic rings. The number of carbonyl (C=O) groups is 2. The molecule has 3 aromatic carbocycles. The monoisotopic (exact) mass is 344 g/mol. The summed E-state index contributed by atoms with van der Waals surface area (Å²) in [6, 6.07) is 22.7. The van der Waals surface area contributed by atoms with Crippen LogP contribution in [0.4, 0.5) is 0 Å². The lowest BCUT2D eigenvalue weighted by molar-refractivity contribution is -0.124. The van der Waals surface area contributed by atoms with Gasteiger partial charge >= 0.3 is 0 Å². The van der Waals surface area contributed by atoms with Gasteiger partial charge in [0.2, 0.25) is 0 Å². The maximum atomic E-state index is 12.6. The number of amides is 2. The van der Waals surface area contributed by atoms with Crippen LogP contribution in [0.15, 0.2) is 78.5 Å². The van der Waals surface area contributed by atoms with Gasteiger partial charge in [0, 0.05) is 19.7 Å². The lowest BCUT2D eigenvalue weighted by Crippen LogP contribution is -2.34. The molecule has 2 amide bonds. The third-order valence-electron chi connectivity index (χ3n) is 4.04. The summed E-state index contributed by atoms with van der Waals surface area (Å²) in [6.45, 7) is 0. The zero-order chi connectivity index (χ0) is 18.5. The summed E-state index contributed by atoms with van der Waals surface area (Å²) in [7, 11) is 3.32. The largest absolute Gasteiger partial charge is 0.344 e. The molecular formula is C22H20N2O2. The van der Waals surface area contributed by atoms with Crippen molar-refractivity contribution < 1.29 is 9.59 Å². The summed E-state index contributed by atoms with van der Waals surface area (Å²) in [5.41, 5.74) is 1.62. The molecule has 3 rings (SSSR count). The second-order valence-electron chi connectivity index (χ2n) is 6.15. The van der Waals surface area contributed by atoms with Crippen LogP contribution in [-0.2, 0) is 4.79 Å². The van der Waals surface area contributed by atoms with Crippen molar-refractivity contribution in [3.05, 3.63) is 89.6 Å². The number of hydrogen-bond donors (Lipinski definition) is 1. The van der Waals surface area contributed by atoms with Gasteiger partial charge in [-0.3, -0.25) is 9.59 Å². The van der Waals surface area contributed by atoms with Crippen LogP contribution < -0.4 is 5.32 Å². The minimum atomic E-state index is -0.313. The standard InChI is InChI=1S/C22H20N2O2/c1-24(2)22(26)20(23-21(25)17-10-4-3-5-11-17)15-18-13-8-12-16-9-6-7-14-19(16)18/h3-15H,1-2H3,(H,23,25)/b20-15+. The van der Waals surface area contributed by atoms with Crippen LogP contribution in [0.5, 0.6) is 0 Å². The van der Waals surface area contributed by atoms with E-state index in [0.717, 1.165) is 16.3 Å². The van der Waals surface area contributed by atoms with Gasteiger partial charge in [-0.2, -0.15) is 0 Å². The van der Waals surface area contributed by atoms with E-state index in [2.05, 4.69) is 5.32 Å². The molecule has 0 fully saturated rings. The van der Waals surface area contributed by atoms with E-state index in [9.17, 15) is 9.59 Å². The Morgan fingerprint density at radius 1 is 0.846 bits per heavy atom. The van der Waals surface area contributed by atoms with Crippen molar-refractivity contribution in [1.29, 1.82) is 0 Å². The van der Waals surface area contributed by atoms with Crippen LogP contribution >= 0.6 is 0 Å². The normalized spacial score (nSPS) is 11.2. The molecule has 130 valence electrons. The predicted molar refractivity (Wildman–Crippen MR) is 105 cm³/mol. The van der Waals surface area contributed by atoms with Gasteiger partial charge in [0.1, 0.15) is 5.70 Å². The van der Waals surface area contributed by atoms with Crippen molar-refractivity contribution >= 4 is 28.7 Å². The molecule has 0 aliphatic carbocycles. The summed E-state index contributed by atoms with van der Waals surface area (Å²) < 4.78 is 0. The molecule has 0 atom stereocenters. The van der Waals surface area contributed by atoms with E-state index in [1.54, 1.807) is 44.4 Å². The van der Waals surface area contributed by atoms with Crippen molar-refractivity contribution in [1.82, 2.24) is 10.2 Å². The van der Waals surface area contributed by atoms with E-state index < -0.39 is 0 Å². The first-order valence-electron chi connectivity index (χ1n) is 8.34. The highest BCUT2D eigenvalue weighted by Gasteiger charge is 2.16. The maximum absolute atomic E-state index is 12.6. The molecule has 0 spiro atoms. The van der Waals surface area contributed by atoms with Gasteiger partial charge in [0.05, 0.1) is 0 Å². The number of nitrogens with one attached hydrogen (secondary N) is 1. The van der Waals surface area contributed by atoms with Crippen LogP contribution in [0.3, 0.4) is 0 Å². The Kier molecular flexibility index (Phi) is 5.13. The Labute approximate surface area is 152 Å². The van der Waals surface area contributed by atoms with Crippen LogP contribution in [0.25, 0.3) is 16.8 Å². The molecule has 0 radical (unpaired) electrons. The molecule has 26 heavy (non-hydrogen) atoms. The van der Waals surface area contributed by atoms with Gasteiger partial charge in [-0.25, -0.2) is 0 Å². The number of carbonyl (C=O) groups excluding carboxylic acids is 2. The molecule has 0 unspecified atom stereocenters. The topological polar surface area (TPSA) is 49.4 Å². The summed E-state index contributed by atoms with van der Waals surface area (Å²) >= 11 is 0. The number of hydrogen-bond acceptors (Lipinski definition) is 2. The highest BCUT2D eigenvalue weighted by Crippen LogP contribution is 2.21. The average molecular weight is 344 g/mol. The van der Waals surface area contributed by atoms with Crippen molar-refractivity contribution in [3.63, 3.8) is 0 Å². The Balaban J connectivity index is 2.02. The van der Waals surface area contributed by atoms with Gasteiger partial charge in [0.25, 0.3) is 11.8 Å². The molecule has 3 aromatic rings. The molecule has 0 aliphatic heterocycles. The van der Waals surface area contributed by atoms with Gasteiger partial charge < -0.3 is 10.2 Å². The maximum Gasteiger partial charge on any atom is 0.269 e. The molecule has 0 aromatic heterocycles. The van der Waals surface area contributed by atoms with Gasteiger partial charge in [-0.1, -0.05) is 60.7 Å². The van der Waals surface area contributed by atoms with Crippen LogP contribution in [-0.4, -0.2) is 30.8 Å². The van der Waals surface area contributed by atoms with Crippen LogP contribution in [0.2, 0.25) is 0 Å². The van der Waals surface area contributed by atoms with E-state index in [1.807, 2.05) is 48.5 Å². The fourth-order valence-corrected chi connectivity index (χ4v) is 2.71. The lowest BCUT2D eigenvalue weighted by atomic mass is 10.0. The smallest absolute Gasteiger partial charge is 0.269 e. The molecule has 0 heterocycles. The zero-order valence-corrected chi connectivity index (χ0v) is 14.8. The first-order valence-corrected chi connectivity index (χ1v) is 8.34. The molecule has 0 saturated heterocycles. The quantitative estimate of drug-likeness (QED) is 0.734. The van der Waals surface area contributed by atoms with E-state index in [4.69, 9.17) is 0 Å². The second-order valence-corrected chi connectivity index (χ2v) is 6.15. The Bertz CT molecular complexity index is 970. The van der Waals surface area contributed by atoms with Crippen LogP contribution in [0, 0.1) is 0 Å². The Morgan fingerprint density at radius 3 is 2.23 bits per heavy atom. The third kappa shape index (κ3) is 3.81. The summed E-state index contributed by atoms with van der Waals surface area (Å²) in [5.74, 6) is -0.575. The van der Waals surface area contributed by atoms with Crippen molar-refractivity contribution in [2.45, 2.75) is 0 Å². The SMILES string of the molecule is CN(C)C(=O)/C(=C\c1cccc2ccccc12)NC(=O)c1ccccc1. The summed E-state index contributed by atoms with van der Waals surface area (Å²) in [6.07, 6.45) is 1.73. The predicted octanol–water partition coefficient (Wildman–Crippen LogP) is 3.70. The molecule has 1 N–H and O–H groups in total. The first-order chi connectivity index (χ1) is 12.6. The van der Waals surface area contributed by atoms with E-state index in [0.29, 0.717) is 5.56 Å². The summed E-state index contributed by atoms with van der Waals surface area (Å²) in [5, 5.41) is 4.86. The van der Waals surface area contributed by atoms with E-state index in [1.165, 1.54) is 4.90 Å². The van der Waals surface area contributed by atoms with E-state index >= 15 is 0 Å². The van der Waals surface area contributed by atoms with Gasteiger partial charge in [0.15, 0.2) is 0 Å². The number of fused-ring (bicyclic) bond motifs is 1. The lowest BCUT2D eigenvalue weighted by Gasteiger charge is -2.15. The Morgan fingerprint density at radius 2 is 1.50 bits per heavy atom. The highest BCUT2D eigenvalue weighted by atomic mass is 16.2. The number of likely N-dealkylation sites (N-methyl/N-ethyl adjacent to an activating group) is 1. The molecule has 0 bridgehead atoms. The van der Waals surface area contributed by atoms with Crippen molar-refractivity contribution in [2.24, 2.45) is 0 Å². The van der Waals surface area contributed by atoms with Gasteiger partial charge in [-0.05, 0) is 34.5 Å². The fraction of sp³-hybridized carbons (Fsp3) is 0.0909. The first kappa shape index (κ1) is 17.4. The number of nitrogens with zero attached hydrogens (tertiary/aromatic N) is 1. The fourth-order valence-electron chi connectivity index (χ4n) is 2.71. The Hall–Kier alpha value is -3.40. The average Bonchev–Trinajstić information content (AvgIpc) is 2.67. The van der Waals surface area contributed by atoms with Crippen LogP contribution in [0.1, 0.15) is 15.9 Å². The third-order valence-corrected chi connectivity index (χ3v) is 4.04. The van der Waals surface area contributed by atoms with E-state index in [-0.39, 0.29) is 17.5 Å². The molecular weight excluding hydrogens is 324 g/mol. The zero-order valence-electron chi connectivity index (χ0n) is 14.8.